The van der Waals surface area contributed by atoms with Crippen LogP contribution in [0.4, 0.5) is 0 Å². The van der Waals surface area contributed by atoms with Gasteiger partial charge >= 0.3 is 5.97 Å². The highest BCUT2D eigenvalue weighted by Crippen LogP contribution is 2.32. The Labute approximate surface area is 134 Å². The van der Waals surface area contributed by atoms with E-state index in [1.165, 1.54) is 7.11 Å². The smallest absolute Gasteiger partial charge is 0.329 e. The zero-order valence-electron chi connectivity index (χ0n) is 12.4. The van der Waals surface area contributed by atoms with Crippen LogP contribution in [0.1, 0.15) is 38.0 Å². The molecule has 1 aromatic carbocycles. The molecule has 114 valence electrons. The predicted molar refractivity (Wildman–Crippen MR) is 84.9 cm³/mol. The Morgan fingerprint density at radius 1 is 1.33 bits per heavy atom. The molecule has 0 saturated carbocycles. The summed E-state index contributed by atoms with van der Waals surface area (Å²) < 4.78 is 6.81. The van der Waals surface area contributed by atoms with Crippen molar-refractivity contribution < 1.29 is 9.53 Å². The van der Waals surface area contributed by atoms with Crippen molar-refractivity contribution in [1.82, 2.24) is 9.55 Å². The van der Waals surface area contributed by atoms with Crippen LogP contribution in [-0.2, 0) is 9.53 Å². The van der Waals surface area contributed by atoms with E-state index in [0.717, 1.165) is 11.0 Å². The van der Waals surface area contributed by atoms with Crippen LogP contribution in [0.15, 0.2) is 18.2 Å². The normalized spacial score (nSPS) is 14.4. The monoisotopic (exact) mass is 328 g/mol. The minimum atomic E-state index is -0.475. The van der Waals surface area contributed by atoms with Crippen LogP contribution in [0.3, 0.4) is 0 Å². The van der Waals surface area contributed by atoms with Gasteiger partial charge in [0.2, 0.25) is 0 Å². The molecular formula is C15H18Cl2N2O2. The molecule has 0 spiro atoms. The van der Waals surface area contributed by atoms with Gasteiger partial charge in [0.1, 0.15) is 11.9 Å². The summed E-state index contributed by atoms with van der Waals surface area (Å²) in [5, 5.41) is 0.266. The lowest BCUT2D eigenvalue weighted by Crippen LogP contribution is -2.27. The molecular weight excluding hydrogens is 311 g/mol. The molecule has 0 saturated heterocycles. The number of fused-ring (bicyclic) bond motifs is 1. The number of carbonyl (C=O) groups excluding carboxylic acids is 1. The topological polar surface area (TPSA) is 44.1 Å². The molecule has 2 unspecified atom stereocenters. The molecule has 0 aliphatic carbocycles. The molecule has 0 aliphatic heterocycles. The van der Waals surface area contributed by atoms with Crippen molar-refractivity contribution >= 4 is 40.2 Å². The van der Waals surface area contributed by atoms with Gasteiger partial charge in [0.05, 0.1) is 23.5 Å². The van der Waals surface area contributed by atoms with Gasteiger partial charge in [-0.15, -0.1) is 11.6 Å². The van der Waals surface area contributed by atoms with E-state index in [0.29, 0.717) is 10.8 Å². The highest BCUT2D eigenvalue weighted by atomic mass is 35.5. The second-order valence-corrected chi connectivity index (χ2v) is 6.39. The summed E-state index contributed by atoms with van der Waals surface area (Å²) in [4.78, 5) is 16.7. The molecule has 0 aliphatic rings. The van der Waals surface area contributed by atoms with Gasteiger partial charge < -0.3 is 9.30 Å². The van der Waals surface area contributed by atoms with Crippen molar-refractivity contribution in [2.75, 3.05) is 7.11 Å². The van der Waals surface area contributed by atoms with Gasteiger partial charge in [0.15, 0.2) is 0 Å². The Bertz CT molecular complexity index is 665. The number of carbonyl (C=O) groups is 1. The lowest BCUT2D eigenvalue weighted by atomic mass is 10.0. The fourth-order valence-corrected chi connectivity index (χ4v) is 2.78. The quantitative estimate of drug-likeness (QED) is 0.618. The van der Waals surface area contributed by atoms with Crippen molar-refractivity contribution in [3.63, 3.8) is 0 Å². The number of nitrogens with zero attached hydrogens (tertiary/aromatic N) is 2. The van der Waals surface area contributed by atoms with Gasteiger partial charge in [-0.1, -0.05) is 25.4 Å². The van der Waals surface area contributed by atoms with Gasteiger partial charge in [-0.2, -0.15) is 0 Å². The molecule has 1 aromatic heterocycles. The van der Waals surface area contributed by atoms with E-state index in [2.05, 4.69) is 4.98 Å². The summed E-state index contributed by atoms with van der Waals surface area (Å²) >= 11 is 12.3. The summed E-state index contributed by atoms with van der Waals surface area (Å²) in [6.45, 7) is 5.76. The zero-order chi connectivity index (χ0) is 15.7. The number of methoxy groups -OCH3 is 1. The van der Waals surface area contributed by atoms with E-state index in [-0.39, 0.29) is 17.3 Å². The molecule has 0 N–H and O–H groups in total. The SMILES string of the molecule is COC(=O)C(C(C)C)n1c(C(C)Cl)nc2cc(Cl)ccc21. The number of imidazole rings is 1. The number of alkyl halides is 1. The summed E-state index contributed by atoms with van der Waals surface area (Å²) in [5.41, 5.74) is 1.55. The Kier molecular flexibility index (Phi) is 4.79. The third kappa shape index (κ3) is 3.01. The molecule has 21 heavy (non-hydrogen) atoms. The van der Waals surface area contributed by atoms with Crippen molar-refractivity contribution in [2.24, 2.45) is 5.92 Å². The van der Waals surface area contributed by atoms with E-state index in [9.17, 15) is 4.79 Å². The maximum absolute atomic E-state index is 12.2. The highest BCUT2D eigenvalue weighted by Gasteiger charge is 2.30. The molecule has 2 rings (SSSR count). The molecule has 0 fully saturated rings. The molecule has 2 atom stereocenters. The zero-order valence-corrected chi connectivity index (χ0v) is 13.9. The fraction of sp³-hybridized carbons (Fsp3) is 0.467. The van der Waals surface area contributed by atoms with Gasteiger partial charge in [-0.3, -0.25) is 0 Å². The first-order valence-electron chi connectivity index (χ1n) is 6.76. The third-order valence-corrected chi connectivity index (χ3v) is 3.82. The average Bonchev–Trinajstić information content (AvgIpc) is 2.77. The Balaban J connectivity index is 2.74. The van der Waals surface area contributed by atoms with E-state index in [1.54, 1.807) is 12.1 Å². The molecule has 4 nitrogen and oxygen atoms in total. The van der Waals surface area contributed by atoms with Crippen molar-refractivity contribution in [3.05, 3.63) is 29.0 Å². The minimum Gasteiger partial charge on any atom is -0.467 e. The molecule has 1 heterocycles. The van der Waals surface area contributed by atoms with Gasteiger partial charge in [0, 0.05) is 5.02 Å². The van der Waals surface area contributed by atoms with E-state index < -0.39 is 6.04 Å². The molecule has 2 aromatic rings. The first-order chi connectivity index (χ1) is 9.86. The number of halogens is 2. The summed E-state index contributed by atoms with van der Waals surface area (Å²) in [7, 11) is 1.39. The molecule has 0 radical (unpaired) electrons. The fourth-order valence-electron chi connectivity index (χ4n) is 2.46. The number of aromatic nitrogens is 2. The largest absolute Gasteiger partial charge is 0.467 e. The van der Waals surface area contributed by atoms with E-state index >= 15 is 0 Å². The number of hydrogen-bond acceptors (Lipinski definition) is 3. The first-order valence-corrected chi connectivity index (χ1v) is 7.57. The Morgan fingerprint density at radius 2 is 2.00 bits per heavy atom. The minimum absolute atomic E-state index is 0.0414. The van der Waals surface area contributed by atoms with E-state index in [1.807, 2.05) is 31.4 Å². The Hall–Kier alpha value is -1.26. The number of benzene rings is 1. The van der Waals surface area contributed by atoms with Crippen LogP contribution in [-0.4, -0.2) is 22.6 Å². The molecule has 0 amide bonds. The van der Waals surface area contributed by atoms with Crippen LogP contribution < -0.4 is 0 Å². The molecule has 0 bridgehead atoms. The maximum Gasteiger partial charge on any atom is 0.329 e. The lowest BCUT2D eigenvalue weighted by Gasteiger charge is -2.23. The van der Waals surface area contributed by atoms with Gasteiger partial charge in [-0.25, -0.2) is 9.78 Å². The number of ether oxygens (including phenoxy) is 1. The number of esters is 1. The first kappa shape index (κ1) is 16.1. The van der Waals surface area contributed by atoms with Crippen LogP contribution in [0, 0.1) is 5.92 Å². The summed E-state index contributed by atoms with van der Waals surface area (Å²) in [5.74, 6) is 0.371. The highest BCUT2D eigenvalue weighted by molar-refractivity contribution is 6.31. The van der Waals surface area contributed by atoms with Crippen LogP contribution in [0.2, 0.25) is 5.02 Å². The molecule has 6 heteroatoms. The summed E-state index contributed by atoms with van der Waals surface area (Å²) in [6.07, 6.45) is 0. The van der Waals surface area contributed by atoms with Gasteiger partial charge in [-0.05, 0) is 31.0 Å². The second kappa shape index (κ2) is 6.24. The van der Waals surface area contributed by atoms with E-state index in [4.69, 9.17) is 27.9 Å². The third-order valence-electron chi connectivity index (χ3n) is 3.39. The van der Waals surface area contributed by atoms with Crippen molar-refractivity contribution in [2.45, 2.75) is 32.2 Å². The predicted octanol–water partition coefficient (Wildman–Crippen LogP) is 4.36. The summed E-state index contributed by atoms with van der Waals surface area (Å²) in [6, 6.07) is 4.92. The maximum atomic E-state index is 12.2. The van der Waals surface area contributed by atoms with Crippen LogP contribution in [0.25, 0.3) is 11.0 Å². The average molecular weight is 329 g/mol. The van der Waals surface area contributed by atoms with Crippen LogP contribution in [0.5, 0.6) is 0 Å². The number of rotatable bonds is 4. The Morgan fingerprint density at radius 3 is 2.52 bits per heavy atom. The second-order valence-electron chi connectivity index (χ2n) is 5.30. The number of hydrogen-bond donors (Lipinski definition) is 0. The van der Waals surface area contributed by atoms with Crippen molar-refractivity contribution in [3.8, 4) is 0 Å². The lowest BCUT2D eigenvalue weighted by molar-refractivity contribution is -0.146. The van der Waals surface area contributed by atoms with Crippen LogP contribution >= 0.6 is 23.2 Å². The van der Waals surface area contributed by atoms with Gasteiger partial charge in [0.25, 0.3) is 0 Å². The standard InChI is InChI=1S/C15H18Cl2N2O2/c1-8(2)13(15(20)21-4)19-12-6-5-10(17)7-11(12)18-14(19)9(3)16/h5-9,13H,1-4H3. The van der Waals surface area contributed by atoms with Crippen molar-refractivity contribution in [1.29, 1.82) is 0 Å².